The van der Waals surface area contributed by atoms with Gasteiger partial charge in [-0.2, -0.15) is 25.8 Å². The maximum atomic E-state index is 9.05. The van der Waals surface area contributed by atoms with Crippen LogP contribution in [0.1, 0.15) is 0 Å². The molecule has 0 radical (unpaired) electrons. The first-order valence-corrected chi connectivity index (χ1v) is 6.94. The number of benzene rings is 1. The average molecular weight is 332 g/mol. The quantitative estimate of drug-likeness (QED) is 0.827. The van der Waals surface area contributed by atoms with Crippen LogP contribution in [0.5, 0.6) is 11.8 Å². The van der Waals surface area contributed by atoms with Crippen molar-refractivity contribution in [3.63, 3.8) is 0 Å². The molecule has 1 N–H and O–H groups in total. The van der Waals surface area contributed by atoms with E-state index in [-0.39, 0.29) is 11.3 Å². The Morgan fingerprint density at radius 3 is 1.92 bits per heavy atom. The summed E-state index contributed by atoms with van der Waals surface area (Å²) in [5, 5.41) is 29.5. The van der Waals surface area contributed by atoms with Gasteiger partial charge in [0.25, 0.3) is 0 Å². The van der Waals surface area contributed by atoms with Crippen LogP contribution < -0.4 is 14.8 Å². The molecule has 0 spiro atoms. The highest BCUT2D eigenvalue weighted by Crippen LogP contribution is 2.24. The van der Waals surface area contributed by atoms with Crippen LogP contribution in [0.2, 0.25) is 0 Å². The number of nitrogens with one attached hydrogen (secondary N) is 1. The van der Waals surface area contributed by atoms with E-state index in [2.05, 4.69) is 15.3 Å². The second-order valence-corrected chi connectivity index (χ2v) is 4.56. The van der Waals surface area contributed by atoms with Crippen molar-refractivity contribution < 1.29 is 9.47 Å². The summed E-state index contributed by atoms with van der Waals surface area (Å²) in [6.45, 7) is 0. The standard InChI is InChI=1S/C17H12N6O2/c1-24-15-7-16(25-2)23-17(22-15)11-3-5-13(6-4-11)21-14(10-20)12(8-18)9-19/h3-7,21H,1-2H3. The summed E-state index contributed by atoms with van der Waals surface area (Å²) in [5.41, 5.74) is 0.841. The van der Waals surface area contributed by atoms with Crippen LogP contribution in [0, 0.1) is 34.0 Å². The fraction of sp³-hybridized carbons (Fsp3) is 0.118. The Kier molecular flexibility index (Phi) is 5.50. The molecule has 8 nitrogen and oxygen atoms in total. The minimum atomic E-state index is -0.285. The van der Waals surface area contributed by atoms with Crippen molar-refractivity contribution in [1.29, 1.82) is 15.8 Å². The number of aromatic nitrogens is 2. The minimum absolute atomic E-state index is 0.114. The fourth-order valence-electron chi connectivity index (χ4n) is 1.87. The molecule has 1 aromatic carbocycles. The second kappa shape index (κ2) is 7.96. The number of hydrogen-bond donors (Lipinski definition) is 1. The number of ether oxygens (including phenoxy) is 2. The number of hydrogen-bond acceptors (Lipinski definition) is 8. The van der Waals surface area contributed by atoms with Crippen molar-refractivity contribution in [1.82, 2.24) is 9.97 Å². The van der Waals surface area contributed by atoms with Gasteiger partial charge in [0.2, 0.25) is 11.8 Å². The predicted octanol–water partition coefficient (Wildman–Crippen LogP) is 2.40. The summed E-state index contributed by atoms with van der Waals surface area (Å²) in [4.78, 5) is 8.50. The molecule has 0 aliphatic carbocycles. The summed E-state index contributed by atoms with van der Waals surface area (Å²) in [7, 11) is 2.99. The van der Waals surface area contributed by atoms with Gasteiger partial charge in [-0.3, -0.25) is 0 Å². The van der Waals surface area contributed by atoms with E-state index in [0.717, 1.165) is 0 Å². The van der Waals surface area contributed by atoms with Crippen LogP contribution in [0.15, 0.2) is 41.6 Å². The molecule has 0 bridgehead atoms. The molecule has 2 aromatic rings. The number of rotatable bonds is 5. The molecule has 0 atom stereocenters. The van der Waals surface area contributed by atoms with Crippen molar-refractivity contribution in [2.45, 2.75) is 0 Å². The van der Waals surface area contributed by atoms with E-state index in [0.29, 0.717) is 28.8 Å². The molecule has 0 unspecified atom stereocenters. The summed E-state index contributed by atoms with van der Waals surface area (Å²) in [6, 6.07) is 13.5. The van der Waals surface area contributed by atoms with Crippen molar-refractivity contribution in [3.8, 4) is 41.4 Å². The zero-order valence-corrected chi connectivity index (χ0v) is 13.4. The first-order chi connectivity index (χ1) is 12.1. The van der Waals surface area contributed by atoms with Crippen molar-refractivity contribution in [2.24, 2.45) is 0 Å². The Hall–Kier alpha value is -4.09. The first kappa shape index (κ1) is 17.3. The lowest BCUT2D eigenvalue weighted by Gasteiger charge is -2.08. The number of nitriles is 3. The number of allylic oxidation sites excluding steroid dienone is 2. The van der Waals surface area contributed by atoms with Gasteiger partial charge in [0.1, 0.15) is 23.9 Å². The average Bonchev–Trinajstić information content (AvgIpc) is 2.68. The van der Waals surface area contributed by atoms with E-state index in [4.69, 9.17) is 25.3 Å². The van der Waals surface area contributed by atoms with Crippen molar-refractivity contribution in [2.75, 3.05) is 19.5 Å². The molecular weight excluding hydrogens is 320 g/mol. The van der Waals surface area contributed by atoms with Crippen LogP contribution in [0.3, 0.4) is 0 Å². The van der Waals surface area contributed by atoms with Crippen LogP contribution in [-0.4, -0.2) is 24.2 Å². The normalized spacial score (nSPS) is 9.08. The summed E-state index contributed by atoms with van der Waals surface area (Å²) >= 11 is 0. The van der Waals surface area contributed by atoms with Gasteiger partial charge in [-0.1, -0.05) is 0 Å². The van der Waals surface area contributed by atoms with E-state index in [1.807, 2.05) is 0 Å². The molecule has 1 aromatic heterocycles. The maximum absolute atomic E-state index is 9.05. The highest BCUT2D eigenvalue weighted by atomic mass is 16.5. The Bertz CT molecular complexity index is 891. The lowest BCUT2D eigenvalue weighted by molar-refractivity contribution is 0.372. The maximum Gasteiger partial charge on any atom is 0.220 e. The Balaban J connectivity index is 2.33. The zero-order valence-electron chi connectivity index (χ0n) is 13.4. The van der Waals surface area contributed by atoms with E-state index < -0.39 is 0 Å². The van der Waals surface area contributed by atoms with E-state index >= 15 is 0 Å². The summed E-state index contributed by atoms with van der Waals surface area (Å²) < 4.78 is 10.2. The lowest BCUT2D eigenvalue weighted by atomic mass is 10.1. The van der Waals surface area contributed by atoms with Gasteiger partial charge < -0.3 is 14.8 Å². The molecule has 0 aliphatic heterocycles. The van der Waals surface area contributed by atoms with E-state index in [1.54, 1.807) is 48.5 Å². The van der Waals surface area contributed by atoms with Gasteiger partial charge >= 0.3 is 0 Å². The van der Waals surface area contributed by atoms with Gasteiger partial charge in [-0.05, 0) is 24.3 Å². The summed E-state index contributed by atoms with van der Waals surface area (Å²) in [5.74, 6) is 1.14. The third-order valence-corrected chi connectivity index (χ3v) is 3.10. The van der Waals surface area contributed by atoms with Crippen LogP contribution in [0.4, 0.5) is 5.69 Å². The van der Waals surface area contributed by atoms with E-state index in [1.165, 1.54) is 14.2 Å². The second-order valence-electron chi connectivity index (χ2n) is 4.56. The van der Waals surface area contributed by atoms with Gasteiger partial charge in [0, 0.05) is 11.3 Å². The molecule has 25 heavy (non-hydrogen) atoms. The number of methoxy groups -OCH3 is 2. The SMILES string of the molecule is COc1cc(OC)nc(-c2ccc(NC(C#N)=C(C#N)C#N)cc2)n1. The smallest absolute Gasteiger partial charge is 0.220 e. The van der Waals surface area contributed by atoms with Crippen molar-refractivity contribution >= 4 is 5.69 Å². The topological polar surface area (TPSA) is 128 Å². The van der Waals surface area contributed by atoms with Crippen LogP contribution in [-0.2, 0) is 0 Å². The molecule has 122 valence electrons. The molecule has 0 fully saturated rings. The van der Waals surface area contributed by atoms with Gasteiger partial charge in [-0.25, -0.2) is 0 Å². The van der Waals surface area contributed by atoms with Gasteiger partial charge in [0.15, 0.2) is 11.4 Å². The molecule has 0 saturated heterocycles. The summed E-state index contributed by atoms with van der Waals surface area (Å²) in [6.07, 6.45) is 0. The Morgan fingerprint density at radius 2 is 1.48 bits per heavy atom. The molecular formula is C17H12N6O2. The molecule has 0 amide bonds. The lowest BCUT2D eigenvalue weighted by Crippen LogP contribution is -2.01. The molecule has 2 rings (SSSR count). The molecule has 1 heterocycles. The first-order valence-electron chi connectivity index (χ1n) is 6.94. The highest BCUT2D eigenvalue weighted by Gasteiger charge is 2.09. The molecule has 0 saturated carbocycles. The molecule has 0 aliphatic rings. The Morgan fingerprint density at radius 1 is 0.920 bits per heavy atom. The third-order valence-electron chi connectivity index (χ3n) is 3.10. The monoisotopic (exact) mass is 332 g/mol. The third kappa shape index (κ3) is 4.01. The highest BCUT2D eigenvalue weighted by molar-refractivity contribution is 5.64. The number of nitrogens with zero attached hydrogens (tertiary/aromatic N) is 5. The van der Waals surface area contributed by atoms with Crippen molar-refractivity contribution in [3.05, 3.63) is 41.6 Å². The van der Waals surface area contributed by atoms with E-state index in [9.17, 15) is 0 Å². The molecule has 8 heteroatoms. The zero-order chi connectivity index (χ0) is 18.2. The van der Waals surface area contributed by atoms with Crippen LogP contribution in [0.25, 0.3) is 11.4 Å². The largest absolute Gasteiger partial charge is 0.481 e. The van der Waals surface area contributed by atoms with Gasteiger partial charge in [-0.15, -0.1) is 0 Å². The van der Waals surface area contributed by atoms with Gasteiger partial charge in [0.05, 0.1) is 20.3 Å². The predicted molar refractivity (Wildman–Crippen MR) is 88.1 cm³/mol. The minimum Gasteiger partial charge on any atom is -0.481 e. The van der Waals surface area contributed by atoms with Crippen LogP contribution >= 0.6 is 0 Å². The fourth-order valence-corrected chi connectivity index (χ4v) is 1.87. The Labute approximate surface area is 144 Å². The number of anilines is 1.